The van der Waals surface area contributed by atoms with Crippen molar-refractivity contribution in [3.63, 3.8) is 0 Å². The summed E-state index contributed by atoms with van der Waals surface area (Å²) in [6.45, 7) is 2.88. The summed E-state index contributed by atoms with van der Waals surface area (Å²) in [6.07, 6.45) is 3.36. The van der Waals surface area contributed by atoms with Gasteiger partial charge in [0.15, 0.2) is 17.5 Å². The van der Waals surface area contributed by atoms with E-state index in [1.54, 1.807) is 14.2 Å². The molecule has 0 saturated carbocycles. The summed E-state index contributed by atoms with van der Waals surface area (Å²) >= 11 is 1.86. The second-order valence-electron chi connectivity index (χ2n) is 7.66. The van der Waals surface area contributed by atoms with Crippen molar-refractivity contribution < 1.29 is 9.47 Å². The first kappa shape index (κ1) is 22.4. The number of benzene rings is 1. The van der Waals surface area contributed by atoms with Crippen LogP contribution in [0, 0.1) is 5.92 Å². The van der Waals surface area contributed by atoms with E-state index >= 15 is 0 Å². The number of likely N-dealkylation sites (tertiary alicyclic amines) is 1. The van der Waals surface area contributed by atoms with Gasteiger partial charge in [0.05, 0.1) is 14.2 Å². The lowest BCUT2D eigenvalue weighted by Gasteiger charge is -2.39. The van der Waals surface area contributed by atoms with Gasteiger partial charge in [0.2, 0.25) is 0 Å². The van der Waals surface area contributed by atoms with Crippen LogP contribution in [0.3, 0.4) is 0 Å². The standard InChI is InChI=1S/C23H34N4O2S/c1-24-23(25-12-11-17-9-10-19(28-3)20(15-17)29-4)26-16-18-7-5-13-27(2)22(18)21-8-6-14-30-21/h6,8-10,14-15,18,22H,5,7,11-13,16H2,1-4H3,(H2,24,25,26). The predicted molar refractivity (Wildman–Crippen MR) is 125 cm³/mol. The Balaban J connectivity index is 1.51. The molecule has 6 nitrogen and oxygen atoms in total. The van der Waals surface area contributed by atoms with Crippen LogP contribution in [0.25, 0.3) is 0 Å². The normalized spacial score (nSPS) is 20.1. The molecule has 0 radical (unpaired) electrons. The van der Waals surface area contributed by atoms with E-state index in [0.717, 1.165) is 43.5 Å². The Bertz CT molecular complexity index is 810. The first-order valence-electron chi connectivity index (χ1n) is 10.5. The Labute approximate surface area is 184 Å². The summed E-state index contributed by atoms with van der Waals surface area (Å²) in [5, 5.41) is 9.17. The molecule has 0 amide bonds. The minimum Gasteiger partial charge on any atom is -0.493 e. The number of nitrogens with zero attached hydrogens (tertiary/aromatic N) is 2. The second kappa shape index (κ2) is 11.2. The van der Waals surface area contributed by atoms with Crippen LogP contribution in [-0.2, 0) is 6.42 Å². The zero-order valence-electron chi connectivity index (χ0n) is 18.5. The van der Waals surface area contributed by atoms with E-state index in [9.17, 15) is 0 Å². The van der Waals surface area contributed by atoms with Crippen LogP contribution in [-0.4, -0.2) is 58.8 Å². The lowest BCUT2D eigenvalue weighted by molar-refractivity contribution is 0.125. The number of guanidine groups is 1. The van der Waals surface area contributed by atoms with Gasteiger partial charge in [0.25, 0.3) is 0 Å². The Morgan fingerprint density at radius 1 is 1.20 bits per heavy atom. The molecule has 0 spiro atoms. The molecule has 1 aromatic heterocycles. The third-order valence-electron chi connectivity index (χ3n) is 5.75. The maximum atomic E-state index is 5.40. The number of rotatable bonds is 8. The van der Waals surface area contributed by atoms with Gasteiger partial charge in [-0.3, -0.25) is 9.89 Å². The van der Waals surface area contributed by atoms with E-state index in [1.165, 1.54) is 23.3 Å². The molecule has 0 aliphatic carbocycles. The topological polar surface area (TPSA) is 58.1 Å². The summed E-state index contributed by atoms with van der Waals surface area (Å²) in [5.41, 5.74) is 1.20. The highest BCUT2D eigenvalue weighted by Crippen LogP contribution is 2.36. The maximum Gasteiger partial charge on any atom is 0.190 e. The number of ether oxygens (including phenoxy) is 2. The van der Waals surface area contributed by atoms with Crippen LogP contribution in [0.1, 0.15) is 29.3 Å². The Hall–Kier alpha value is -2.25. The predicted octanol–water partition coefficient (Wildman–Crippen LogP) is 3.56. The average Bonchev–Trinajstić information content (AvgIpc) is 3.30. The number of aliphatic imine (C=N–C) groups is 1. The molecule has 2 unspecified atom stereocenters. The smallest absolute Gasteiger partial charge is 0.190 e. The van der Waals surface area contributed by atoms with Crippen molar-refractivity contribution in [2.24, 2.45) is 10.9 Å². The van der Waals surface area contributed by atoms with Crippen molar-refractivity contribution in [2.75, 3.05) is 47.9 Å². The molecule has 1 aliphatic rings. The van der Waals surface area contributed by atoms with Crippen LogP contribution in [0.4, 0.5) is 0 Å². The first-order chi connectivity index (χ1) is 14.7. The lowest BCUT2D eigenvalue weighted by Crippen LogP contribution is -2.45. The molecule has 2 N–H and O–H groups in total. The first-order valence-corrected chi connectivity index (χ1v) is 11.4. The molecule has 3 rings (SSSR count). The Morgan fingerprint density at radius 3 is 2.73 bits per heavy atom. The fourth-order valence-electron chi connectivity index (χ4n) is 4.19. The van der Waals surface area contributed by atoms with Gasteiger partial charge in [-0.2, -0.15) is 0 Å². The summed E-state index contributed by atoms with van der Waals surface area (Å²) < 4.78 is 10.7. The molecule has 30 heavy (non-hydrogen) atoms. The molecule has 7 heteroatoms. The van der Waals surface area contributed by atoms with Gasteiger partial charge in [-0.1, -0.05) is 12.1 Å². The summed E-state index contributed by atoms with van der Waals surface area (Å²) in [6, 6.07) is 11.0. The van der Waals surface area contributed by atoms with Gasteiger partial charge in [-0.15, -0.1) is 11.3 Å². The summed E-state index contributed by atoms with van der Waals surface area (Å²) in [7, 11) is 7.39. The Kier molecular flexibility index (Phi) is 8.39. The van der Waals surface area contributed by atoms with Crippen molar-refractivity contribution in [1.82, 2.24) is 15.5 Å². The molecule has 1 aliphatic heterocycles. The van der Waals surface area contributed by atoms with Gasteiger partial charge in [0.1, 0.15) is 0 Å². The number of nitrogens with one attached hydrogen (secondary N) is 2. The van der Waals surface area contributed by atoms with Crippen molar-refractivity contribution in [2.45, 2.75) is 25.3 Å². The van der Waals surface area contributed by atoms with Crippen LogP contribution >= 0.6 is 11.3 Å². The summed E-state index contributed by atoms with van der Waals surface area (Å²) in [5.74, 6) is 2.95. The zero-order chi connectivity index (χ0) is 21.3. The quantitative estimate of drug-likeness (QED) is 0.495. The van der Waals surface area contributed by atoms with E-state index in [4.69, 9.17) is 9.47 Å². The zero-order valence-corrected chi connectivity index (χ0v) is 19.3. The van der Waals surface area contributed by atoms with Gasteiger partial charge in [-0.25, -0.2) is 0 Å². The molecule has 1 saturated heterocycles. The molecule has 0 bridgehead atoms. The number of piperidine rings is 1. The fraction of sp³-hybridized carbons (Fsp3) is 0.522. The molecule has 2 atom stereocenters. The third kappa shape index (κ3) is 5.67. The average molecular weight is 431 g/mol. The van der Waals surface area contributed by atoms with Crippen molar-refractivity contribution in [1.29, 1.82) is 0 Å². The summed E-state index contributed by atoms with van der Waals surface area (Å²) in [4.78, 5) is 8.36. The van der Waals surface area contributed by atoms with E-state index in [1.807, 2.05) is 30.5 Å². The third-order valence-corrected chi connectivity index (χ3v) is 6.69. The molecule has 164 valence electrons. The van der Waals surface area contributed by atoms with E-state index in [-0.39, 0.29) is 0 Å². The van der Waals surface area contributed by atoms with Crippen molar-refractivity contribution in [3.05, 3.63) is 46.2 Å². The van der Waals surface area contributed by atoms with Crippen molar-refractivity contribution in [3.8, 4) is 11.5 Å². The van der Waals surface area contributed by atoms with E-state index in [0.29, 0.717) is 12.0 Å². The Morgan fingerprint density at radius 2 is 2.03 bits per heavy atom. The molecular formula is C23H34N4O2S. The van der Waals surface area contributed by atoms with E-state index in [2.05, 4.69) is 51.2 Å². The maximum absolute atomic E-state index is 5.40. The molecule has 1 fully saturated rings. The fourth-order valence-corrected chi connectivity index (χ4v) is 5.18. The van der Waals surface area contributed by atoms with Crippen LogP contribution in [0.15, 0.2) is 40.7 Å². The molecular weight excluding hydrogens is 396 g/mol. The van der Waals surface area contributed by atoms with Crippen LogP contribution in [0.5, 0.6) is 11.5 Å². The number of thiophene rings is 1. The van der Waals surface area contributed by atoms with Gasteiger partial charge in [0, 0.05) is 31.1 Å². The van der Waals surface area contributed by atoms with Crippen LogP contribution < -0.4 is 20.1 Å². The largest absolute Gasteiger partial charge is 0.493 e. The second-order valence-corrected chi connectivity index (χ2v) is 8.64. The number of hydrogen-bond acceptors (Lipinski definition) is 5. The lowest BCUT2D eigenvalue weighted by atomic mass is 9.88. The minimum atomic E-state index is 0.483. The van der Waals surface area contributed by atoms with Gasteiger partial charge < -0.3 is 20.1 Å². The highest BCUT2D eigenvalue weighted by molar-refractivity contribution is 7.10. The van der Waals surface area contributed by atoms with Crippen LogP contribution in [0.2, 0.25) is 0 Å². The molecule has 2 aromatic rings. The molecule has 2 heterocycles. The monoisotopic (exact) mass is 430 g/mol. The highest BCUT2D eigenvalue weighted by atomic mass is 32.1. The SMILES string of the molecule is CN=C(NCCc1ccc(OC)c(OC)c1)NCC1CCCN(C)C1c1cccs1. The molecule has 1 aromatic carbocycles. The van der Waals surface area contributed by atoms with E-state index < -0.39 is 0 Å². The number of methoxy groups -OCH3 is 2. The van der Waals surface area contributed by atoms with Crippen molar-refractivity contribution >= 4 is 17.3 Å². The highest BCUT2D eigenvalue weighted by Gasteiger charge is 2.31. The minimum absolute atomic E-state index is 0.483. The van der Waals surface area contributed by atoms with Gasteiger partial charge in [-0.05, 0) is 67.9 Å². The van der Waals surface area contributed by atoms with Gasteiger partial charge >= 0.3 is 0 Å². The number of hydrogen-bond donors (Lipinski definition) is 2.